The molecule has 2 aromatic rings. The average Bonchev–Trinajstić information content (AvgIpc) is 2.96. The van der Waals surface area contributed by atoms with E-state index in [9.17, 15) is 5.11 Å². The molecule has 7 heteroatoms. The summed E-state index contributed by atoms with van der Waals surface area (Å²) in [7, 11) is 0. The maximum Gasteiger partial charge on any atom is 0.145 e. The normalized spacial score (nSPS) is 21.4. The molecule has 0 saturated carbocycles. The van der Waals surface area contributed by atoms with E-state index in [0.717, 1.165) is 13.0 Å². The fourth-order valence-corrected chi connectivity index (χ4v) is 3.00. The lowest BCUT2D eigenvalue weighted by atomic mass is 9.84. The Balaban J connectivity index is 1.77. The molecule has 1 aliphatic heterocycles. The van der Waals surface area contributed by atoms with E-state index < -0.39 is 0 Å². The van der Waals surface area contributed by atoms with Gasteiger partial charge in [-0.05, 0) is 25.0 Å². The molecular weight excluding hydrogens is 325 g/mol. The molecule has 1 aromatic carbocycles. The van der Waals surface area contributed by atoms with Crippen LogP contribution in [0.3, 0.4) is 0 Å². The molecule has 0 spiro atoms. The molecule has 118 valence electrons. The number of benzene rings is 1. The van der Waals surface area contributed by atoms with Crippen molar-refractivity contribution in [3.63, 3.8) is 0 Å². The number of ether oxygens (including phenoxy) is 1. The minimum absolute atomic E-state index is 0.0387. The van der Waals surface area contributed by atoms with Gasteiger partial charge < -0.3 is 15.2 Å². The van der Waals surface area contributed by atoms with Crippen molar-refractivity contribution in [2.45, 2.75) is 12.8 Å². The molecule has 22 heavy (non-hydrogen) atoms. The number of halogens is 2. The third-order valence-electron chi connectivity index (χ3n) is 4.06. The Kier molecular flexibility index (Phi) is 4.68. The van der Waals surface area contributed by atoms with Crippen molar-refractivity contribution in [2.24, 2.45) is 5.41 Å². The maximum atomic E-state index is 9.25. The zero-order valence-electron chi connectivity index (χ0n) is 12.0. The lowest BCUT2D eigenvalue weighted by molar-refractivity contribution is 0.133. The maximum absolute atomic E-state index is 9.25. The van der Waals surface area contributed by atoms with Gasteiger partial charge in [0.05, 0.1) is 33.9 Å². The van der Waals surface area contributed by atoms with E-state index >= 15 is 0 Å². The van der Waals surface area contributed by atoms with E-state index in [2.05, 4.69) is 15.3 Å². The number of aromatic nitrogens is 2. The quantitative estimate of drug-likeness (QED) is 0.874. The molecule has 1 unspecified atom stereocenters. The number of hydrogen-bond donors (Lipinski definition) is 2. The summed E-state index contributed by atoms with van der Waals surface area (Å²) in [5.74, 6) is 0.676. The minimum atomic E-state index is -0.0387. The Morgan fingerprint density at radius 3 is 2.73 bits per heavy atom. The molecule has 0 aliphatic carbocycles. The highest BCUT2D eigenvalue weighted by Gasteiger charge is 2.34. The van der Waals surface area contributed by atoms with Gasteiger partial charge in [0.2, 0.25) is 0 Å². The predicted molar refractivity (Wildman–Crippen MR) is 87.6 cm³/mol. The van der Waals surface area contributed by atoms with E-state index in [1.807, 2.05) is 0 Å². The first-order valence-electron chi connectivity index (χ1n) is 7.16. The Bertz CT molecular complexity index is 675. The zero-order valence-corrected chi connectivity index (χ0v) is 13.5. The SMILES string of the molecule is OCCC1(CNc2cnc3cc(Cl)c(Cl)cc3n2)CCOC1. The second-order valence-electron chi connectivity index (χ2n) is 5.64. The van der Waals surface area contributed by atoms with Crippen LogP contribution >= 0.6 is 23.2 Å². The molecule has 1 fully saturated rings. The number of anilines is 1. The zero-order chi connectivity index (χ0) is 15.6. The monoisotopic (exact) mass is 341 g/mol. The fourth-order valence-electron chi connectivity index (χ4n) is 2.68. The van der Waals surface area contributed by atoms with Crippen LogP contribution in [0.25, 0.3) is 11.0 Å². The van der Waals surface area contributed by atoms with Crippen molar-refractivity contribution in [3.8, 4) is 0 Å². The summed E-state index contributed by atoms with van der Waals surface area (Å²) < 4.78 is 5.48. The van der Waals surface area contributed by atoms with Gasteiger partial charge in [-0.15, -0.1) is 0 Å². The summed E-state index contributed by atoms with van der Waals surface area (Å²) in [4.78, 5) is 8.86. The topological polar surface area (TPSA) is 67.3 Å². The van der Waals surface area contributed by atoms with Gasteiger partial charge in [0.25, 0.3) is 0 Å². The molecule has 2 heterocycles. The third-order valence-corrected chi connectivity index (χ3v) is 4.78. The lowest BCUT2D eigenvalue weighted by Gasteiger charge is -2.26. The van der Waals surface area contributed by atoms with E-state index in [1.165, 1.54) is 0 Å². The van der Waals surface area contributed by atoms with Crippen LogP contribution in [-0.2, 0) is 4.74 Å². The van der Waals surface area contributed by atoms with Gasteiger partial charge in [-0.3, -0.25) is 4.98 Å². The first kappa shape index (κ1) is 15.7. The molecule has 0 amide bonds. The first-order valence-corrected chi connectivity index (χ1v) is 7.92. The van der Waals surface area contributed by atoms with Crippen molar-refractivity contribution in [2.75, 3.05) is 31.7 Å². The first-order chi connectivity index (χ1) is 10.6. The van der Waals surface area contributed by atoms with Crippen molar-refractivity contribution in [1.82, 2.24) is 9.97 Å². The molecule has 0 bridgehead atoms. The molecular formula is C15H17Cl2N3O2. The number of fused-ring (bicyclic) bond motifs is 1. The van der Waals surface area contributed by atoms with Gasteiger partial charge in [0, 0.05) is 25.2 Å². The Morgan fingerprint density at radius 1 is 1.27 bits per heavy atom. The summed E-state index contributed by atoms with van der Waals surface area (Å²) in [6, 6.07) is 3.41. The van der Waals surface area contributed by atoms with Crippen LogP contribution < -0.4 is 5.32 Å². The highest BCUT2D eigenvalue weighted by Crippen LogP contribution is 2.32. The van der Waals surface area contributed by atoms with E-state index in [1.54, 1.807) is 18.3 Å². The Hall–Kier alpha value is -1.14. The number of nitrogens with one attached hydrogen (secondary N) is 1. The third kappa shape index (κ3) is 3.27. The van der Waals surface area contributed by atoms with Crippen molar-refractivity contribution in [3.05, 3.63) is 28.4 Å². The van der Waals surface area contributed by atoms with Crippen LogP contribution in [0.15, 0.2) is 18.3 Å². The predicted octanol–water partition coefficient (Wildman–Crippen LogP) is 3.14. The van der Waals surface area contributed by atoms with Crippen LogP contribution in [-0.4, -0.2) is 41.4 Å². The smallest absolute Gasteiger partial charge is 0.145 e. The van der Waals surface area contributed by atoms with Gasteiger partial charge in [-0.25, -0.2) is 4.98 Å². The van der Waals surface area contributed by atoms with Crippen LogP contribution in [0.1, 0.15) is 12.8 Å². The van der Waals surface area contributed by atoms with Crippen molar-refractivity contribution < 1.29 is 9.84 Å². The molecule has 1 aliphatic rings. The number of hydrogen-bond acceptors (Lipinski definition) is 5. The van der Waals surface area contributed by atoms with Gasteiger partial charge in [0.15, 0.2) is 0 Å². The highest BCUT2D eigenvalue weighted by molar-refractivity contribution is 6.42. The number of aliphatic hydroxyl groups excluding tert-OH is 1. The number of aliphatic hydroxyl groups is 1. The van der Waals surface area contributed by atoms with Gasteiger partial charge >= 0.3 is 0 Å². The summed E-state index contributed by atoms with van der Waals surface area (Å²) in [5, 5.41) is 13.5. The van der Waals surface area contributed by atoms with Crippen LogP contribution in [0.5, 0.6) is 0 Å². The van der Waals surface area contributed by atoms with Crippen molar-refractivity contribution >= 4 is 40.1 Å². The summed E-state index contributed by atoms with van der Waals surface area (Å²) in [6.07, 6.45) is 3.32. The number of rotatable bonds is 5. The lowest BCUT2D eigenvalue weighted by Crippen LogP contribution is -2.31. The Labute approximate surface area is 138 Å². The standard InChI is InChI=1S/C15H17Cl2N3O2/c16-10-5-12-13(6-11(10)17)20-14(7-18-12)19-8-15(1-3-21)2-4-22-9-15/h5-7,21H,1-4,8-9H2,(H,19,20). The van der Waals surface area contributed by atoms with E-state index in [0.29, 0.717) is 46.5 Å². The highest BCUT2D eigenvalue weighted by atomic mass is 35.5. The average molecular weight is 342 g/mol. The Morgan fingerprint density at radius 2 is 2.05 bits per heavy atom. The molecule has 0 radical (unpaired) electrons. The second-order valence-corrected chi connectivity index (χ2v) is 6.45. The van der Waals surface area contributed by atoms with Crippen molar-refractivity contribution in [1.29, 1.82) is 0 Å². The minimum Gasteiger partial charge on any atom is -0.396 e. The van der Waals surface area contributed by atoms with Gasteiger partial charge in [-0.2, -0.15) is 0 Å². The molecule has 1 atom stereocenters. The van der Waals surface area contributed by atoms with Crippen LogP contribution in [0.4, 0.5) is 5.82 Å². The van der Waals surface area contributed by atoms with E-state index in [4.69, 9.17) is 27.9 Å². The van der Waals surface area contributed by atoms with Gasteiger partial charge in [-0.1, -0.05) is 23.2 Å². The fraction of sp³-hybridized carbons (Fsp3) is 0.467. The van der Waals surface area contributed by atoms with Crippen LogP contribution in [0.2, 0.25) is 10.0 Å². The second kappa shape index (κ2) is 6.54. The number of nitrogens with zero attached hydrogens (tertiary/aromatic N) is 2. The molecule has 1 saturated heterocycles. The van der Waals surface area contributed by atoms with E-state index in [-0.39, 0.29) is 12.0 Å². The molecule has 5 nitrogen and oxygen atoms in total. The van der Waals surface area contributed by atoms with Gasteiger partial charge in [0.1, 0.15) is 5.82 Å². The molecule has 2 N–H and O–H groups in total. The summed E-state index contributed by atoms with van der Waals surface area (Å²) in [6.45, 7) is 2.24. The molecule has 3 rings (SSSR count). The van der Waals surface area contributed by atoms with Crippen LogP contribution in [0, 0.1) is 5.41 Å². The largest absolute Gasteiger partial charge is 0.396 e. The molecule has 1 aromatic heterocycles. The summed E-state index contributed by atoms with van der Waals surface area (Å²) >= 11 is 12.0. The summed E-state index contributed by atoms with van der Waals surface area (Å²) in [5.41, 5.74) is 1.36.